The number of benzene rings is 2. The van der Waals surface area contributed by atoms with Crippen molar-refractivity contribution in [1.82, 2.24) is 29.5 Å². The number of nitrogens with one attached hydrogen (secondary N) is 3. The fraction of sp³-hybridized carbons (Fsp3) is 0.125. The van der Waals surface area contributed by atoms with Crippen molar-refractivity contribution in [3.63, 3.8) is 0 Å². The molecule has 5 rings (SSSR count). The first kappa shape index (κ1) is 22.9. The second-order valence-corrected chi connectivity index (χ2v) is 8.81. The molecule has 3 aromatic heterocycles. The first-order valence-corrected chi connectivity index (χ1v) is 11.4. The molecule has 2 aromatic carbocycles. The second kappa shape index (κ2) is 9.08. The molecule has 0 saturated carbocycles. The van der Waals surface area contributed by atoms with Crippen LogP contribution >= 0.6 is 11.9 Å². The van der Waals surface area contributed by atoms with Gasteiger partial charge in [0.15, 0.2) is 0 Å². The Kier molecular flexibility index (Phi) is 5.95. The quantitative estimate of drug-likeness (QED) is 0.250. The summed E-state index contributed by atoms with van der Waals surface area (Å²) >= 11 is 1.48. The fourth-order valence-corrected chi connectivity index (χ4v) is 4.40. The third-order valence-corrected chi connectivity index (χ3v) is 6.18. The molecule has 3 N–H and O–H groups in total. The normalized spacial score (nSPS) is 11.8. The molecule has 0 bridgehead atoms. The van der Waals surface area contributed by atoms with Gasteiger partial charge in [0, 0.05) is 29.4 Å². The van der Waals surface area contributed by atoms with E-state index < -0.39 is 11.7 Å². The van der Waals surface area contributed by atoms with E-state index in [2.05, 4.69) is 30.1 Å². The standard InChI is InChI=1S/C24H20F3N7S/c1-28-35-16-6-7-17(21-8-9-31-34(21)2)20(11-16)33-23-18-12-19(32-22(18)29-13-30-23)14-4-3-5-15(10-14)24(25,26)27/h3-13,28H,1-2H3,(H2,29,30,32,33). The van der Waals surface area contributed by atoms with Crippen LogP contribution in [0.1, 0.15) is 5.56 Å². The van der Waals surface area contributed by atoms with Crippen molar-refractivity contribution >= 4 is 34.5 Å². The molecule has 178 valence electrons. The van der Waals surface area contributed by atoms with Gasteiger partial charge < -0.3 is 10.3 Å². The molecule has 0 unspecified atom stereocenters. The average molecular weight is 496 g/mol. The molecule has 11 heteroatoms. The molecule has 0 aliphatic heterocycles. The zero-order chi connectivity index (χ0) is 24.6. The van der Waals surface area contributed by atoms with E-state index in [1.165, 1.54) is 24.3 Å². The van der Waals surface area contributed by atoms with Gasteiger partial charge in [-0.05, 0) is 67.0 Å². The van der Waals surface area contributed by atoms with Gasteiger partial charge in [-0.2, -0.15) is 18.3 Å². The molecule has 0 saturated heterocycles. The number of aryl methyl sites for hydroxylation is 1. The van der Waals surface area contributed by atoms with Crippen LogP contribution in [0.5, 0.6) is 0 Å². The summed E-state index contributed by atoms with van der Waals surface area (Å²) in [5.74, 6) is 0.527. The van der Waals surface area contributed by atoms with Crippen LogP contribution in [0.25, 0.3) is 33.5 Å². The third-order valence-electron chi connectivity index (χ3n) is 5.49. The van der Waals surface area contributed by atoms with E-state index in [1.807, 2.05) is 38.4 Å². The van der Waals surface area contributed by atoms with E-state index >= 15 is 0 Å². The number of halogens is 3. The molecule has 0 aliphatic rings. The lowest BCUT2D eigenvalue weighted by Gasteiger charge is -2.14. The number of aromatic amines is 1. The SMILES string of the molecule is CNSc1ccc(-c2ccnn2C)c(Nc2ncnc3[nH]c(-c4cccc(C(F)(F)F)c4)cc23)c1. The van der Waals surface area contributed by atoms with Gasteiger partial charge >= 0.3 is 6.18 Å². The van der Waals surface area contributed by atoms with Crippen molar-refractivity contribution in [2.45, 2.75) is 11.1 Å². The molecular weight excluding hydrogens is 475 g/mol. The van der Waals surface area contributed by atoms with Gasteiger partial charge in [0.25, 0.3) is 0 Å². The van der Waals surface area contributed by atoms with Gasteiger partial charge in [0.05, 0.1) is 22.3 Å². The van der Waals surface area contributed by atoms with Crippen molar-refractivity contribution in [3.8, 4) is 22.5 Å². The van der Waals surface area contributed by atoms with Gasteiger partial charge in [0.1, 0.15) is 17.8 Å². The van der Waals surface area contributed by atoms with Crippen LogP contribution in [-0.4, -0.2) is 31.8 Å². The van der Waals surface area contributed by atoms with Crippen molar-refractivity contribution in [2.24, 2.45) is 7.05 Å². The Balaban J connectivity index is 1.58. The maximum absolute atomic E-state index is 13.2. The number of hydrogen-bond donors (Lipinski definition) is 3. The highest BCUT2D eigenvalue weighted by Crippen LogP contribution is 2.36. The molecule has 7 nitrogen and oxygen atoms in total. The smallest absolute Gasteiger partial charge is 0.339 e. The summed E-state index contributed by atoms with van der Waals surface area (Å²) in [6.07, 6.45) is -1.29. The Labute approximate surface area is 202 Å². The van der Waals surface area contributed by atoms with Crippen LogP contribution in [-0.2, 0) is 13.2 Å². The minimum Gasteiger partial charge on any atom is -0.339 e. The lowest BCUT2D eigenvalue weighted by atomic mass is 10.1. The molecule has 35 heavy (non-hydrogen) atoms. The van der Waals surface area contributed by atoms with E-state index in [9.17, 15) is 13.2 Å². The Bertz CT molecular complexity index is 1510. The van der Waals surface area contributed by atoms with Crippen molar-refractivity contribution in [3.05, 3.63) is 72.7 Å². The molecular formula is C24H20F3N7S. The summed E-state index contributed by atoms with van der Waals surface area (Å²) in [6, 6.07) is 14.9. The Morgan fingerprint density at radius 3 is 2.63 bits per heavy atom. The van der Waals surface area contributed by atoms with Gasteiger partial charge in [-0.3, -0.25) is 9.40 Å². The Hall–Kier alpha value is -3.83. The van der Waals surface area contributed by atoms with Gasteiger partial charge in [0.2, 0.25) is 0 Å². The fourth-order valence-electron chi connectivity index (χ4n) is 3.86. The topological polar surface area (TPSA) is 83.4 Å². The number of anilines is 2. The van der Waals surface area contributed by atoms with Gasteiger partial charge in [-0.1, -0.05) is 12.1 Å². The predicted octanol–water partition coefficient (Wildman–Crippen LogP) is 6.01. The molecule has 0 amide bonds. The average Bonchev–Trinajstić information content (AvgIpc) is 3.46. The number of hydrogen-bond acceptors (Lipinski definition) is 6. The third kappa shape index (κ3) is 4.60. The number of nitrogens with zero attached hydrogens (tertiary/aromatic N) is 4. The summed E-state index contributed by atoms with van der Waals surface area (Å²) in [7, 11) is 3.71. The van der Waals surface area contributed by atoms with E-state index in [-0.39, 0.29) is 0 Å². The molecule has 0 aliphatic carbocycles. The van der Waals surface area contributed by atoms with Crippen molar-refractivity contribution < 1.29 is 13.2 Å². The summed E-state index contributed by atoms with van der Waals surface area (Å²) in [5, 5.41) is 8.32. The minimum absolute atomic E-state index is 0.409. The van der Waals surface area contributed by atoms with E-state index in [1.54, 1.807) is 23.0 Å². The summed E-state index contributed by atoms with van der Waals surface area (Å²) in [5.41, 5.74) is 3.36. The van der Waals surface area contributed by atoms with Crippen LogP contribution in [0.2, 0.25) is 0 Å². The highest BCUT2D eigenvalue weighted by Gasteiger charge is 2.30. The minimum atomic E-state index is -4.42. The van der Waals surface area contributed by atoms with E-state index in [4.69, 9.17) is 0 Å². The van der Waals surface area contributed by atoms with E-state index in [0.29, 0.717) is 28.1 Å². The highest BCUT2D eigenvalue weighted by atomic mass is 32.2. The Morgan fingerprint density at radius 1 is 1.03 bits per heavy atom. The molecule has 3 heterocycles. The largest absolute Gasteiger partial charge is 0.416 e. The Morgan fingerprint density at radius 2 is 1.89 bits per heavy atom. The van der Waals surface area contributed by atoms with Gasteiger partial charge in [-0.25, -0.2) is 9.97 Å². The maximum Gasteiger partial charge on any atom is 0.416 e. The summed E-state index contributed by atoms with van der Waals surface area (Å²) in [4.78, 5) is 12.8. The summed E-state index contributed by atoms with van der Waals surface area (Å²) in [6.45, 7) is 0. The van der Waals surface area contributed by atoms with Gasteiger partial charge in [-0.15, -0.1) is 0 Å². The maximum atomic E-state index is 13.2. The molecule has 0 atom stereocenters. The lowest BCUT2D eigenvalue weighted by molar-refractivity contribution is -0.137. The zero-order valence-corrected chi connectivity index (χ0v) is 19.5. The second-order valence-electron chi connectivity index (χ2n) is 7.72. The van der Waals surface area contributed by atoms with Crippen LogP contribution in [0, 0.1) is 0 Å². The lowest BCUT2D eigenvalue weighted by Crippen LogP contribution is -2.04. The number of fused-ring (bicyclic) bond motifs is 1. The molecule has 0 spiro atoms. The zero-order valence-electron chi connectivity index (χ0n) is 18.7. The molecule has 5 aromatic rings. The van der Waals surface area contributed by atoms with Crippen LogP contribution in [0.4, 0.5) is 24.7 Å². The number of alkyl halides is 3. The van der Waals surface area contributed by atoms with Crippen molar-refractivity contribution in [1.29, 1.82) is 0 Å². The molecule has 0 fully saturated rings. The molecule has 0 radical (unpaired) electrons. The first-order valence-electron chi connectivity index (χ1n) is 10.6. The van der Waals surface area contributed by atoms with Crippen molar-refractivity contribution in [2.75, 3.05) is 12.4 Å². The van der Waals surface area contributed by atoms with Crippen LogP contribution in [0.3, 0.4) is 0 Å². The number of H-pyrrole nitrogens is 1. The monoisotopic (exact) mass is 495 g/mol. The van der Waals surface area contributed by atoms with Crippen LogP contribution < -0.4 is 10.0 Å². The van der Waals surface area contributed by atoms with Crippen LogP contribution in [0.15, 0.2) is 72.0 Å². The number of aromatic nitrogens is 5. The summed E-state index contributed by atoms with van der Waals surface area (Å²) < 4.78 is 44.5. The van der Waals surface area contributed by atoms with E-state index in [0.717, 1.165) is 34.0 Å². The highest BCUT2D eigenvalue weighted by molar-refractivity contribution is 7.97. The predicted molar refractivity (Wildman–Crippen MR) is 131 cm³/mol. The first-order chi connectivity index (χ1) is 16.8. The number of rotatable bonds is 6.